The third-order valence-electron chi connectivity index (χ3n) is 1.51. The molecule has 1 unspecified atom stereocenters. The van der Waals surface area contributed by atoms with Gasteiger partial charge in [-0.1, -0.05) is 0 Å². The number of hydrazine groups is 1. The van der Waals surface area contributed by atoms with Gasteiger partial charge in [-0.05, 0) is 6.08 Å². The van der Waals surface area contributed by atoms with E-state index >= 15 is 0 Å². The van der Waals surface area contributed by atoms with Crippen LogP contribution in [0.3, 0.4) is 0 Å². The van der Waals surface area contributed by atoms with Gasteiger partial charge >= 0.3 is 6.18 Å². The summed E-state index contributed by atoms with van der Waals surface area (Å²) in [6.07, 6.45) is -2.51. The highest BCUT2D eigenvalue weighted by atomic mass is 19.4. The summed E-state index contributed by atoms with van der Waals surface area (Å²) in [6, 6.07) is -1.88. The zero-order valence-corrected chi connectivity index (χ0v) is 6.19. The van der Waals surface area contributed by atoms with E-state index in [-0.39, 0.29) is 5.76 Å². The van der Waals surface area contributed by atoms with Crippen LogP contribution in [0.2, 0.25) is 0 Å². The molecule has 0 spiro atoms. The molecule has 0 aromatic carbocycles. The third kappa shape index (κ3) is 1.89. The van der Waals surface area contributed by atoms with E-state index in [9.17, 15) is 13.2 Å². The maximum absolute atomic E-state index is 12.1. The standard InChI is InChI=1S/C6H9F3N2O/c7-6(8,9)5(11-10)4-2-1-3-12-4/h2,5,11H,1,3,10H2. The molecule has 0 aliphatic carbocycles. The minimum Gasteiger partial charge on any atom is -0.496 e. The van der Waals surface area contributed by atoms with Crippen molar-refractivity contribution in [2.45, 2.75) is 18.6 Å². The van der Waals surface area contributed by atoms with Crippen LogP contribution in [0.1, 0.15) is 6.42 Å². The van der Waals surface area contributed by atoms with E-state index in [1.54, 1.807) is 5.43 Å². The Morgan fingerprint density at radius 3 is 2.58 bits per heavy atom. The second kappa shape index (κ2) is 3.32. The zero-order chi connectivity index (χ0) is 9.19. The van der Waals surface area contributed by atoms with Crippen molar-refractivity contribution in [3.05, 3.63) is 11.8 Å². The van der Waals surface area contributed by atoms with Gasteiger partial charge in [0.2, 0.25) is 0 Å². The van der Waals surface area contributed by atoms with Crippen LogP contribution < -0.4 is 11.3 Å². The van der Waals surface area contributed by atoms with E-state index in [1.165, 1.54) is 6.08 Å². The van der Waals surface area contributed by atoms with Crippen LogP contribution >= 0.6 is 0 Å². The molecule has 1 aliphatic heterocycles. The van der Waals surface area contributed by atoms with Crippen LogP contribution in [0.4, 0.5) is 13.2 Å². The molecule has 1 aliphatic rings. The van der Waals surface area contributed by atoms with Crippen LogP contribution in [0, 0.1) is 0 Å². The molecule has 3 nitrogen and oxygen atoms in total. The first-order chi connectivity index (χ1) is 5.55. The highest BCUT2D eigenvalue weighted by Gasteiger charge is 2.43. The van der Waals surface area contributed by atoms with E-state index in [0.717, 1.165) is 0 Å². The number of hydrogen-bond acceptors (Lipinski definition) is 3. The Balaban J connectivity index is 2.68. The van der Waals surface area contributed by atoms with Gasteiger partial charge in [-0.25, -0.2) is 5.43 Å². The van der Waals surface area contributed by atoms with E-state index in [2.05, 4.69) is 0 Å². The Morgan fingerprint density at radius 2 is 2.25 bits per heavy atom. The average molecular weight is 182 g/mol. The van der Waals surface area contributed by atoms with Gasteiger partial charge in [-0.2, -0.15) is 13.2 Å². The number of nitrogens with one attached hydrogen (secondary N) is 1. The van der Waals surface area contributed by atoms with Gasteiger partial charge in [-0.3, -0.25) is 5.84 Å². The summed E-state index contributed by atoms with van der Waals surface area (Å²) >= 11 is 0. The second-order valence-electron chi connectivity index (χ2n) is 2.38. The topological polar surface area (TPSA) is 47.3 Å². The SMILES string of the molecule is NNC(C1=CCCO1)C(F)(F)F. The number of alkyl halides is 3. The van der Waals surface area contributed by atoms with Gasteiger partial charge < -0.3 is 4.74 Å². The molecule has 3 N–H and O–H groups in total. The first kappa shape index (κ1) is 9.34. The first-order valence-electron chi connectivity index (χ1n) is 3.41. The molecular weight excluding hydrogens is 173 g/mol. The fourth-order valence-electron chi connectivity index (χ4n) is 0.976. The molecule has 0 aromatic heterocycles. The summed E-state index contributed by atoms with van der Waals surface area (Å²) in [5, 5.41) is 0. The summed E-state index contributed by atoms with van der Waals surface area (Å²) in [5.74, 6) is 4.61. The number of rotatable bonds is 2. The Kier molecular flexibility index (Phi) is 2.58. The van der Waals surface area contributed by atoms with Crippen molar-refractivity contribution in [2.75, 3.05) is 6.61 Å². The lowest BCUT2D eigenvalue weighted by Crippen LogP contribution is -2.47. The number of ether oxygens (including phenoxy) is 1. The predicted molar refractivity (Wildman–Crippen MR) is 35.8 cm³/mol. The fraction of sp³-hybridized carbons (Fsp3) is 0.667. The highest BCUT2D eigenvalue weighted by Crippen LogP contribution is 2.27. The van der Waals surface area contributed by atoms with E-state index in [0.29, 0.717) is 13.0 Å². The molecule has 1 atom stereocenters. The van der Waals surface area contributed by atoms with Crippen LogP contribution in [-0.4, -0.2) is 18.8 Å². The van der Waals surface area contributed by atoms with Crippen LogP contribution in [0.25, 0.3) is 0 Å². The van der Waals surface area contributed by atoms with Crippen LogP contribution in [0.5, 0.6) is 0 Å². The van der Waals surface area contributed by atoms with E-state index in [4.69, 9.17) is 10.6 Å². The van der Waals surface area contributed by atoms with Crippen molar-refractivity contribution >= 4 is 0 Å². The quantitative estimate of drug-likeness (QED) is 0.487. The normalized spacial score (nSPS) is 20.2. The largest absolute Gasteiger partial charge is 0.496 e. The fourth-order valence-corrected chi connectivity index (χ4v) is 0.976. The molecule has 0 amide bonds. The molecule has 0 aromatic rings. The molecule has 12 heavy (non-hydrogen) atoms. The molecule has 1 rings (SSSR count). The van der Waals surface area contributed by atoms with Gasteiger partial charge in [0.15, 0.2) is 6.04 Å². The summed E-state index contributed by atoms with van der Waals surface area (Å²) in [4.78, 5) is 0. The summed E-state index contributed by atoms with van der Waals surface area (Å²) in [6.45, 7) is 0.295. The van der Waals surface area contributed by atoms with Crippen molar-refractivity contribution < 1.29 is 17.9 Å². The molecule has 0 fully saturated rings. The molecule has 0 bridgehead atoms. The number of nitrogens with two attached hydrogens (primary N) is 1. The first-order valence-corrected chi connectivity index (χ1v) is 3.41. The molecule has 1 heterocycles. The molecule has 0 saturated heterocycles. The Bertz CT molecular complexity index is 190. The lowest BCUT2D eigenvalue weighted by Gasteiger charge is -2.19. The van der Waals surface area contributed by atoms with Gasteiger partial charge in [-0.15, -0.1) is 0 Å². The maximum Gasteiger partial charge on any atom is 0.412 e. The van der Waals surface area contributed by atoms with E-state index < -0.39 is 12.2 Å². The average Bonchev–Trinajstić information content (AvgIpc) is 2.38. The lowest BCUT2D eigenvalue weighted by atomic mass is 10.2. The van der Waals surface area contributed by atoms with Crippen molar-refractivity contribution in [1.82, 2.24) is 5.43 Å². The minimum atomic E-state index is -4.40. The Morgan fingerprint density at radius 1 is 1.58 bits per heavy atom. The van der Waals surface area contributed by atoms with Crippen LogP contribution in [-0.2, 0) is 4.74 Å². The maximum atomic E-state index is 12.1. The van der Waals surface area contributed by atoms with Gasteiger partial charge in [0.1, 0.15) is 5.76 Å². The molecule has 70 valence electrons. The summed E-state index contributed by atoms with van der Waals surface area (Å²) < 4.78 is 41.1. The van der Waals surface area contributed by atoms with Gasteiger partial charge in [0, 0.05) is 6.42 Å². The monoisotopic (exact) mass is 182 g/mol. The van der Waals surface area contributed by atoms with E-state index in [1.807, 2.05) is 0 Å². The van der Waals surface area contributed by atoms with Crippen molar-refractivity contribution in [1.29, 1.82) is 0 Å². The molecule has 6 heteroatoms. The van der Waals surface area contributed by atoms with Gasteiger partial charge in [0.25, 0.3) is 0 Å². The Hall–Kier alpha value is -0.750. The molecule has 0 saturated carbocycles. The number of hydrogen-bond donors (Lipinski definition) is 2. The Labute approximate surface area is 67.3 Å². The predicted octanol–water partition coefficient (Wildman–Crippen LogP) is 0.685. The van der Waals surface area contributed by atoms with Crippen molar-refractivity contribution in [2.24, 2.45) is 5.84 Å². The number of halogens is 3. The summed E-state index contributed by atoms with van der Waals surface area (Å²) in [7, 11) is 0. The smallest absolute Gasteiger partial charge is 0.412 e. The second-order valence-corrected chi connectivity index (χ2v) is 2.38. The van der Waals surface area contributed by atoms with Crippen molar-refractivity contribution in [3.8, 4) is 0 Å². The summed E-state index contributed by atoms with van der Waals surface area (Å²) in [5.41, 5.74) is 1.67. The van der Waals surface area contributed by atoms with Crippen molar-refractivity contribution in [3.63, 3.8) is 0 Å². The zero-order valence-electron chi connectivity index (χ0n) is 6.19. The third-order valence-corrected chi connectivity index (χ3v) is 1.51. The molecular formula is C6H9F3N2O. The molecule has 0 radical (unpaired) electrons. The van der Waals surface area contributed by atoms with Crippen LogP contribution in [0.15, 0.2) is 11.8 Å². The van der Waals surface area contributed by atoms with Gasteiger partial charge in [0.05, 0.1) is 6.61 Å². The highest BCUT2D eigenvalue weighted by molar-refractivity contribution is 5.09. The lowest BCUT2D eigenvalue weighted by molar-refractivity contribution is -0.154. The minimum absolute atomic E-state index is 0.134.